The highest BCUT2D eigenvalue weighted by Crippen LogP contribution is 2.23. The Morgan fingerprint density at radius 3 is 2.28 bits per heavy atom. The lowest BCUT2D eigenvalue weighted by molar-refractivity contribution is -0.138. The molecule has 5 amide bonds. The molecule has 2 N–H and O–H groups in total. The fourth-order valence-electron chi connectivity index (χ4n) is 3.13. The van der Waals surface area contributed by atoms with Crippen LogP contribution in [-0.2, 0) is 14.4 Å². The van der Waals surface area contributed by atoms with E-state index in [-0.39, 0.29) is 23.0 Å². The van der Waals surface area contributed by atoms with Gasteiger partial charge in [0.1, 0.15) is 0 Å². The first-order valence-electron chi connectivity index (χ1n) is 8.63. The number of urea groups is 1. The van der Waals surface area contributed by atoms with Gasteiger partial charge >= 0.3 is 6.03 Å². The Morgan fingerprint density at radius 2 is 1.72 bits per heavy atom. The van der Waals surface area contributed by atoms with E-state index >= 15 is 0 Å². The third-order valence-electron chi connectivity index (χ3n) is 4.70. The van der Waals surface area contributed by atoms with Crippen LogP contribution >= 0.6 is 11.8 Å². The highest BCUT2D eigenvalue weighted by atomic mass is 32.2. The standard InChI is InChI=1S/C16H26N4O4S/c1-25-12-11-14(22)20(15(12)23)6-4-2-3-5-13(21)18-7-9-19(10-8-18)16(17)24/h12H,2-11H2,1H3,(H2,17,24). The third kappa shape index (κ3) is 5.10. The molecular formula is C16H26N4O4S. The summed E-state index contributed by atoms with van der Waals surface area (Å²) < 4.78 is 0. The van der Waals surface area contributed by atoms with Gasteiger partial charge in [0.05, 0.1) is 5.25 Å². The average Bonchev–Trinajstić information content (AvgIpc) is 2.88. The highest BCUT2D eigenvalue weighted by Gasteiger charge is 2.37. The van der Waals surface area contributed by atoms with Gasteiger partial charge in [0, 0.05) is 45.6 Å². The minimum Gasteiger partial charge on any atom is -0.351 e. The van der Waals surface area contributed by atoms with Gasteiger partial charge in [-0.25, -0.2) is 4.79 Å². The van der Waals surface area contributed by atoms with Crippen molar-refractivity contribution >= 4 is 35.5 Å². The number of amides is 5. The molecule has 9 heteroatoms. The molecule has 140 valence electrons. The van der Waals surface area contributed by atoms with E-state index in [2.05, 4.69) is 0 Å². The van der Waals surface area contributed by atoms with Crippen LogP contribution in [0.5, 0.6) is 0 Å². The zero-order valence-corrected chi connectivity index (χ0v) is 15.4. The van der Waals surface area contributed by atoms with Gasteiger partial charge in [-0.2, -0.15) is 11.8 Å². The molecule has 2 heterocycles. The smallest absolute Gasteiger partial charge is 0.314 e. The van der Waals surface area contributed by atoms with Crippen molar-refractivity contribution in [2.45, 2.75) is 37.4 Å². The maximum absolute atomic E-state index is 12.1. The van der Waals surface area contributed by atoms with Gasteiger partial charge < -0.3 is 15.5 Å². The molecule has 0 radical (unpaired) electrons. The van der Waals surface area contributed by atoms with Crippen molar-refractivity contribution in [1.29, 1.82) is 0 Å². The lowest BCUT2D eigenvalue weighted by Crippen LogP contribution is -2.52. The average molecular weight is 370 g/mol. The predicted octanol–water partition coefficient (Wildman–Crippen LogP) is 0.260. The summed E-state index contributed by atoms with van der Waals surface area (Å²) in [6.45, 7) is 2.46. The van der Waals surface area contributed by atoms with Crippen LogP contribution in [-0.4, -0.2) is 82.7 Å². The Balaban J connectivity index is 1.60. The monoisotopic (exact) mass is 370 g/mol. The first kappa shape index (κ1) is 19.6. The first-order chi connectivity index (χ1) is 11.9. The summed E-state index contributed by atoms with van der Waals surface area (Å²) in [6, 6.07) is -0.443. The molecule has 1 atom stereocenters. The number of piperazine rings is 1. The van der Waals surface area contributed by atoms with Crippen molar-refractivity contribution in [2.75, 3.05) is 39.0 Å². The van der Waals surface area contributed by atoms with Crippen LogP contribution in [0.1, 0.15) is 32.1 Å². The zero-order valence-electron chi connectivity index (χ0n) is 14.6. The number of unbranched alkanes of at least 4 members (excludes halogenated alkanes) is 2. The first-order valence-corrected chi connectivity index (χ1v) is 9.92. The maximum atomic E-state index is 12.1. The number of hydrogen-bond acceptors (Lipinski definition) is 5. The van der Waals surface area contributed by atoms with Crippen LogP contribution in [0.2, 0.25) is 0 Å². The van der Waals surface area contributed by atoms with E-state index in [0.717, 1.165) is 19.3 Å². The normalized spacial score (nSPS) is 21.2. The summed E-state index contributed by atoms with van der Waals surface area (Å²) in [5, 5.41) is -0.229. The second kappa shape index (κ2) is 9.07. The van der Waals surface area contributed by atoms with E-state index in [4.69, 9.17) is 5.73 Å². The van der Waals surface area contributed by atoms with Crippen LogP contribution in [0.25, 0.3) is 0 Å². The van der Waals surface area contributed by atoms with Gasteiger partial charge in [-0.05, 0) is 19.1 Å². The van der Waals surface area contributed by atoms with Gasteiger partial charge in [-0.15, -0.1) is 0 Å². The molecule has 2 rings (SSSR count). The number of carbonyl (C=O) groups excluding carboxylic acids is 4. The van der Waals surface area contributed by atoms with E-state index in [0.29, 0.717) is 45.6 Å². The van der Waals surface area contributed by atoms with Crippen LogP contribution < -0.4 is 5.73 Å². The topological polar surface area (TPSA) is 104 Å². The molecule has 2 fully saturated rings. The molecule has 0 spiro atoms. The zero-order chi connectivity index (χ0) is 18.4. The van der Waals surface area contributed by atoms with Crippen molar-refractivity contribution in [1.82, 2.24) is 14.7 Å². The lowest BCUT2D eigenvalue weighted by Gasteiger charge is -2.33. The molecule has 25 heavy (non-hydrogen) atoms. The van der Waals surface area contributed by atoms with Crippen LogP contribution in [0.4, 0.5) is 4.79 Å². The Kier molecular flexibility index (Phi) is 7.10. The van der Waals surface area contributed by atoms with Crippen molar-refractivity contribution in [2.24, 2.45) is 5.73 Å². The molecule has 8 nitrogen and oxygen atoms in total. The summed E-state index contributed by atoms with van der Waals surface area (Å²) >= 11 is 1.42. The number of hydrogen-bond donors (Lipinski definition) is 1. The Morgan fingerprint density at radius 1 is 1.08 bits per heavy atom. The fraction of sp³-hybridized carbons (Fsp3) is 0.750. The second-order valence-electron chi connectivity index (χ2n) is 6.33. The van der Waals surface area contributed by atoms with E-state index in [1.165, 1.54) is 21.6 Å². The second-order valence-corrected chi connectivity index (χ2v) is 7.37. The molecular weight excluding hydrogens is 344 g/mol. The Bertz CT molecular complexity index is 534. The third-order valence-corrected chi connectivity index (χ3v) is 5.64. The van der Waals surface area contributed by atoms with Gasteiger partial charge in [-0.3, -0.25) is 19.3 Å². The number of thioether (sulfide) groups is 1. The number of rotatable bonds is 7. The fourth-order valence-corrected chi connectivity index (χ4v) is 3.77. The number of likely N-dealkylation sites (tertiary alicyclic amines) is 1. The van der Waals surface area contributed by atoms with E-state index in [1.54, 1.807) is 4.90 Å². The molecule has 0 aliphatic carbocycles. The Labute approximate surface area is 152 Å². The number of primary amides is 1. The highest BCUT2D eigenvalue weighted by molar-refractivity contribution is 8.00. The van der Waals surface area contributed by atoms with E-state index in [1.807, 2.05) is 6.26 Å². The number of nitrogens with zero attached hydrogens (tertiary/aromatic N) is 3. The molecule has 1 unspecified atom stereocenters. The van der Waals surface area contributed by atoms with Crippen LogP contribution in [0, 0.1) is 0 Å². The van der Waals surface area contributed by atoms with E-state index in [9.17, 15) is 19.2 Å². The molecule has 2 aliphatic heterocycles. The van der Waals surface area contributed by atoms with Gasteiger partial charge in [0.25, 0.3) is 0 Å². The summed E-state index contributed by atoms with van der Waals surface area (Å²) in [4.78, 5) is 51.6. The Hall–Kier alpha value is -1.77. The maximum Gasteiger partial charge on any atom is 0.314 e. The molecule has 0 aromatic heterocycles. The van der Waals surface area contributed by atoms with Crippen molar-refractivity contribution in [3.05, 3.63) is 0 Å². The number of imide groups is 1. The molecule has 0 aromatic carbocycles. The van der Waals surface area contributed by atoms with Crippen LogP contribution in [0.15, 0.2) is 0 Å². The summed E-state index contributed by atoms with van der Waals surface area (Å²) in [7, 11) is 0. The minimum absolute atomic E-state index is 0.0825. The van der Waals surface area contributed by atoms with Gasteiger partial charge in [-0.1, -0.05) is 6.42 Å². The molecule has 2 aliphatic rings. The number of carbonyl (C=O) groups is 4. The quantitative estimate of drug-likeness (QED) is 0.511. The number of nitrogens with two attached hydrogens (primary N) is 1. The molecule has 0 aromatic rings. The molecule has 2 saturated heterocycles. The molecule has 0 saturated carbocycles. The largest absolute Gasteiger partial charge is 0.351 e. The van der Waals surface area contributed by atoms with Crippen molar-refractivity contribution in [3.8, 4) is 0 Å². The summed E-state index contributed by atoms with van der Waals surface area (Å²) in [5.74, 6) is -0.0893. The van der Waals surface area contributed by atoms with Crippen LogP contribution in [0.3, 0.4) is 0 Å². The van der Waals surface area contributed by atoms with E-state index < -0.39 is 6.03 Å². The SMILES string of the molecule is CSC1CC(=O)N(CCCCCC(=O)N2CCN(C(N)=O)CC2)C1=O. The summed E-state index contributed by atoms with van der Waals surface area (Å²) in [5.41, 5.74) is 5.22. The van der Waals surface area contributed by atoms with Gasteiger partial charge in [0.2, 0.25) is 17.7 Å². The van der Waals surface area contributed by atoms with Gasteiger partial charge in [0.15, 0.2) is 0 Å². The molecule has 0 bridgehead atoms. The lowest BCUT2D eigenvalue weighted by atomic mass is 10.1. The van der Waals surface area contributed by atoms with Crippen molar-refractivity contribution < 1.29 is 19.2 Å². The van der Waals surface area contributed by atoms with Crippen molar-refractivity contribution in [3.63, 3.8) is 0 Å². The summed E-state index contributed by atoms with van der Waals surface area (Å²) in [6.07, 6.45) is 4.85. The predicted molar refractivity (Wildman–Crippen MR) is 94.8 cm³/mol. The minimum atomic E-state index is -0.443.